The molecule has 0 fully saturated rings. The molecule has 1 unspecified atom stereocenters. The number of hydrogen-bond acceptors (Lipinski definition) is 4. The summed E-state index contributed by atoms with van der Waals surface area (Å²) in [5.41, 5.74) is 2.68. The maximum absolute atomic E-state index is 12.1. The first-order valence-electron chi connectivity index (χ1n) is 8.32. The highest BCUT2D eigenvalue weighted by Gasteiger charge is 2.17. The summed E-state index contributed by atoms with van der Waals surface area (Å²) in [6.45, 7) is 4.09. The van der Waals surface area contributed by atoms with E-state index in [9.17, 15) is 9.59 Å². The second-order valence-electron chi connectivity index (χ2n) is 6.19. The summed E-state index contributed by atoms with van der Waals surface area (Å²) >= 11 is 0. The van der Waals surface area contributed by atoms with Crippen molar-refractivity contribution in [2.45, 2.75) is 32.7 Å². The first-order chi connectivity index (χ1) is 12.0. The van der Waals surface area contributed by atoms with Crippen molar-refractivity contribution in [3.05, 3.63) is 59.2 Å². The molecule has 0 spiro atoms. The van der Waals surface area contributed by atoms with Gasteiger partial charge in [0.05, 0.1) is 6.04 Å². The molecule has 2 aromatic rings. The average Bonchev–Trinajstić information content (AvgIpc) is 3.08. The highest BCUT2D eigenvalue weighted by atomic mass is 16.7. The summed E-state index contributed by atoms with van der Waals surface area (Å²) in [6.07, 6.45) is 0.365. The van der Waals surface area contributed by atoms with Crippen molar-refractivity contribution < 1.29 is 19.1 Å². The minimum atomic E-state index is -0.170. The van der Waals surface area contributed by atoms with Crippen LogP contribution in [0.5, 0.6) is 11.5 Å². The molecule has 1 heterocycles. The van der Waals surface area contributed by atoms with Gasteiger partial charge in [0.2, 0.25) is 12.7 Å². The van der Waals surface area contributed by atoms with E-state index in [1.54, 1.807) is 12.1 Å². The Bertz CT molecular complexity index is 783. The average molecular weight is 339 g/mol. The number of rotatable bonds is 6. The topological polar surface area (TPSA) is 64.6 Å². The molecule has 0 saturated carbocycles. The maximum Gasteiger partial charge on any atom is 0.231 e. The molecule has 5 nitrogen and oxygen atoms in total. The molecule has 1 aliphatic rings. The molecule has 0 radical (unpaired) electrons. The Kier molecular flexibility index (Phi) is 5.03. The third-order valence-electron chi connectivity index (χ3n) is 4.23. The van der Waals surface area contributed by atoms with Crippen LogP contribution in [0.4, 0.5) is 0 Å². The predicted octanol–water partition coefficient (Wildman–Crippen LogP) is 3.56. The lowest BCUT2D eigenvalue weighted by Crippen LogP contribution is -2.26. The molecule has 2 aromatic carbocycles. The maximum atomic E-state index is 12.1. The summed E-state index contributed by atoms with van der Waals surface area (Å²) < 4.78 is 10.6. The summed E-state index contributed by atoms with van der Waals surface area (Å²) in [5.74, 6) is 1.23. The van der Waals surface area contributed by atoms with Crippen molar-refractivity contribution in [3.8, 4) is 11.5 Å². The minimum absolute atomic E-state index is 0.0223. The van der Waals surface area contributed by atoms with E-state index in [0.717, 1.165) is 11.1 Å². The van der Waals surface area contributed by atoms with Crippen molar-refractivity contribution >= 4 is 11.7 Å². The van der Waals surface area contributed by atoms with E-state index in [1.165, 1.54) is 0 Å². The molecular formula is C20H21NO4. The fourth-order valence-electron chi connectivity index (χ4n) is 2.69. The lowest BCUT2D eigenvalue weighted by Gasteiger charge is -2.14. The predicted molar refractivity (Wildman–Crippen MR) is 93.9 cm³/mol. The van der Waals surface area contributed by atoms with Gasteiger partial charge in [-0.1, -0.05) is 35.9 Å². The van der Waals surface area contributed by atoms with Gasteiger partial charge in [-0.25, -0.2) is 0 Å². The standard InChI is InChI=1S/C20H21NO4/c1-13-3-5-15(6-4-13)17(22)8-10-20(23)21-14(2)16-7-9-18-19(11-16)25-12-24-18/h3-7,9,11,14H,8,10,12H2,1-2H3,(H,21,23). The summed E-state index contributed by atoms with van der Waals surface area (Å²) in [5, 5.41) is 2.92. The number of ether oxygens (including phenoxy) is 2. The Labute approximate surface area is 147 Å². The number of aryl methyl sites for hydroxylation is 1. The van der Waals surface area contributed by atoms with Gasteiger partial charge in [-0.05, 0) is 31.5 Å². The van der Waals surface area contributed by atoms with Gasteiger partial charge in [-0.3, -0.25) is 9.59 Å². The molecule has 25 heavy (non-hydrogen) atoms. The number of fused-ring (bicyclic) bond motifs is 1. The van der Waals surface area contributed by atoms with Gasteiger partial charge in [0.25, 0.3) is 0 Å². The second-order valence-corrected chi connectivity index (χ2v) is 6.19. The Hall–Kier alpha value is -2.82. The number of amides is 1. The molecule has 1 N–H and O–H groups in total. The van der Waals surface area contributed by atoms with Gasteiger partial charge in [0.15, 0.2) is 17.3 Å². The van der Waals surface area contributed by atoms with Crippen LogP contribution < -0.4 is 14.8 Å². The summed E-state index contributed by atoms with van der Waals surface area (Å²) in [6, 6.07) is 12.8. The van der Waals surface area contributed by atoms with Crippen LogP contribution in [0.2, 0.25) is 0 Å². The van der Waals surface area contributed by atoms with Gasteiger partial charge in [0.1, 0.15) is 0 Å². The minimum Gasteiger partial charge on any atom is -0.454 e. The summed E-state index contributed by atoms with van der Waals surface area (Å²) in [7, 11) is 0. The van der Waals surface area contributed by atoms with Gasteiger partial charge < -0.3 is 14.8 Å². The van der Waals surface area contributed by atoms with Crippen LogP contribution in [-0.4, -0.2) is 18.5 Å². The third-order valence-corrected chi connectivity index (χ3v) is 4.23. The number of hydrogen-bond donors (Lipinski definition) is 1. The zero-order valence-electron chi connectivity index (χ0n) is 14.4. The number of Topliss-reactive ketones (excluding diaryl/α,β-unsaturated/α-hetero) is 1. The zero-order valence-corrected chi connectivity index (χ0v) is 14.4. The van der Waals surface area contributed by atoms with E-state index in [0.29, 0.717) is 17.1 Å². The van der Waals surface area contributed by atoms with E-state index in [2.05, 4.69) is 5.32 Å². The Balaban J connectivity index is 1.52. The Morgan fingerprint density at radius 3 is 2.52 bits per heavy atom. The highest BCUT2D eigenvalue weighted by Crippen LogP contribution is 2.34. The SMILES string of the molecule is Cc1ccc(C(=O)CCC(=O)NC(C)c2ccc3c(c2)OCO3)cc1. The monoisotopic (exact) mass is 339 g/mol. The first kappa shape index (κ1) is 17.0. The van der Waals surface area contributed by atoms with E-state index in [-0.39, 0.29) is 37.4 Å². The van der Waals surface area contributed by atoms with Crippen LogP contribution in [0.1, 0.15) is 47.3 Å². The number of ketones is 1. The van der Waals surface area contributed by atoms with Gasteiger partial charge in [-0.2, -0.15) is 0 Å². The number of benzene rings is 2. The summed E-state index contributed by atoms with van der Waals surface area (Å²) in [4.78, 5) is 24.3. The lowest BCUT2D eigenvalue weighted by atomic mass is 10.0. The van der Waals surface area contributed by atoms with E-state index in [4.69, 9.17) is 9.47 Å². The largest absolute Gasteiger partial charge is 0.454 e. The van der Waals surface area contributed by atoms with Crippen LogP contribution in [0.3, 0.4) is 0 Å². The lowest BCUT2D eigenvalue weighted by molar-refractivity contribution is -0.121. The highest BCUT2D eigenvalue weighted by molar-refractivity contribution is 5.98. The van der Waals surface area contributed by atoms with Crippen LogP contribution in [0.15, 0.2) is 42.5 Å². The molecule has 5 heteroatoms. The molecule has 0 aliphatic carbocycles. The molecule has 0 saturated heterocycles. The first-order valence-corrected chi connectivity index (χ1v) is 8.32. The fraction of sp³-hybridized carbons (Fsp3) is 0.300. The molecule has 0 aromatic heterocycles. The smallest absolute Gasteiger partial charge is 0.231 e. The van der Waals surface area contributed by atoms with Crippen molar-refractivity contribution in [2.24, 2.45) is 0 Å². The Morgan fingerprint density at radius 2 is 1.76 bits per heavy atom. The van der Waals surface area contributed by atoms with Gasteiger partial charge in [-0.15, -0.1) is 0 Å². The third kappa shape index (κ3) is 4.18. The number of nitrogens with one attached hydrogen (secondary N) is 1. The van der Waals surface area contributed by atoms with E-state index >= 15 is 0 Å². The van der Waals surface area contributed by atoms with Crippen molar-refractivity contribution in [1.29, 1.82) is 0 Å². The van der Waals surface area contributed by atoms with Crippen LogP contribution in [0, 0.1) is 6.92 Å². The molecule has 1 atom stereocenters. The molecule has 130 valence electrons. The molecular weight excluding hydrogens is 318 g/mol. The van der Waals surface area contributed by atoms with Crippen LogP contribution >= 0.6 is 0 Å². The van der Waals surface area contributed by atoms with Crippen molar-refractivity contribution in [2.75, 3.05) is 6.79 Å². The second kappa shape index (κ2) is 7.38. The van der Waals surface area contributed by atoms with E-state index < -0.39 is 0 Å². The van der Waals surface area contributed by atoms with E-state index in [1.807, 2.05) is 44.2 Å². The van der Waals surface area contributed by atoms with Crippen LogP contribution in [0.25, 0.3) is 0 Å². The number of carbonyl (C=O) groups excluding carboxylic acids is 2. The quantitative estimate of drug-likeness (QED) is 0.817. The van der Waals surface area contributed by atoms with Crippen molar-refractivity contribution in [3.63, 3.8) is 0 Å². The molecule has 0 bridgehead atoms. The normalized spacial score (nSPS) is 13.4. The zero-order chi connectivity index (χ0) is 17.8. The van der Waals surface area contributed by atoms with Crippen molar-refractivity contribution in [1.82, 2.24) is 5.32 Å². The van der Waals surface area contributed by atoms with Crippen LogP contribution in [-0.2, 0) is 4.79 Å². The fourth-order valence-corrected chi connectivity index (χ4v) is 2.69. The molecule has 1 aliphatic heterocycles. The van der Waals surface area contributed by atoms with Gasteiger partial charge in [0, 0.05) is 18.4 Å². The number of carbonyl (C=O) groups is 2. The Morgan fingerprint density at radius 1 is 1.04 bits per heavy atom. The molecule has 3 rings (SSSR count). The van der Waals surface area contributed by atoms with Gasteiger partial charge >= 0.3 is 0 Å². The molecule has 1 amide bonds.